The normalized spacial score (nSPS) is 11.6. The lowest BCUT2D eigenvalue weighted by Crippen LogP contribution is -2.07. The lowest BCUT2D eigenvalue weighted by Gasteiger charge is -1.98. The maximum absolute atomic E-state index is 11.3. The first kappa shape index (κ1) is 15.3. The second-order valence-electron chi connectivity index (χ2n) is 3.87. The van der Waals surface area contributed by atoms with Crippen LogP contribution in [0.25, 0.3) is 6.08 Å². The molecule has 1 rings (SSSR count). The van der Waals surface area contributed by atoms with Crippen LogP contribution in [-0.2, 0) is 14.3 Å². The van der Waals surface area contributed by atoms with Crippen molar-refractivity contribution < 1.29 is 29.6 Å². The molecule has 0 aliphatic heterocycles. The first-order valence-corrected chi connectivity index (χ1v) is 5.62. The standard InChI is InChI=1S/C14H14O6/c1-20-14(19)8-11(16)7-10(15)4-2-9-3-5-12(17)13(18)6-9/h2-7,15,17-18H,8H2,1H3/b4-2+,10-7-. The molecule has 0 bridgehead atoms. The fourth-order valence-electron chi connectivity index (χ4n) is 1.30. The van der Waals surface area contributed by atoms with Crippen LogP contribution in [0, 0.1) is 0 Å². The molecule has 1 aromatic rings. The summed E-state index contributed by atoms with van der Waals surface area (Å²) in [4.78, 5) is 22.1. The third-order valence-electron chi connectivity index (χ3n) is 2.30. The van der Waals surface area contributed by atoms with Crippen LogP contribution in [0.3, 0.4) is 0 Å². The predicted octanol–water partition coefficient (Wildman–Crippen LogP) is 1.69. The van der Waals surface area contributed by atoms with E-state index in [1.807, 2.05) is 0 Å². The average molecular weight is 278 g/mol. The lowest BCUT2D eigenvalue weighted by molar-refractivity contribution is -0.142. The molecule has 6 heteroatoms. The Morgan fingerprint density at radius 3 is 2.55 bits per heavy atom. The van der Waals surface area contributed by atoms with Gasteiger partial charge in [0.25, 0.3) is 0 Å². The van der Waals surface area contributed by atoms with Crippen LogP contribution in [0.4, 0.5) is 0 Å². The van der Waals surface area contributed by atoms with Gasteiger partial charge in [0.2, 0.25) is 0 Å². The van der Waals surface area contributed by atoms with Gasteiger partial charge in [0.05, 0.1) is 7.11 Å². The number of aliphatic hydroxyl groups is 1. The molecular weight excluding hydrogens is 264 g/mol. The van der Waals surface area contributed by atoms with Crippen molar-refractivity contribution in [3.8, 4) is 11.5 Å². The van der Waals surface area contributed by atoms with Crippen LogP contribution in [0.1, 0.15) is 12.0 Å². The predicted molar refractivity (Wildman–Crippen MR) is 71.2 cm³/mol. The Labute approximate surface area is 115 Å². The number of phenolic OH excluding ortho intramolecular Hbond substituents is 2. The maximum Gasteiger partial charge on any atom is 0.313 e. The van der Waals surface area contributed by atoms with E-state index in [-0.39, 0.29) is 17.3 Å². The molecule has 0 unspecified atom stereocenters. The third-order valence-corrected chi connectivity index (χ3v) is 2.30. The van der Waals surface area contributed by atoms with Gasteiger partial charge < -0.3 is 20.1 Å². The molecule has 3 N–H and O–H groups in total. The van der Waals surface area contributed by atoms with Gasteiger partial charge in [0.1, 0.15) is 12.2 Å². The van der Waals surface area contributed by atoms with E-state index in [9.17, 15) is 19.8 Å². The Bertz CT molecular complexity index is 571. The van der Waals surface area contributed by atoms with Gasteiger partial charge in [0.15, 0.2) is 17.3 Å². The number of aromatic hydroxyl groups is 2. The van der Waals surface area contributed by atoms with E-state index in [4.69, 9.17) is 5.11 Å². The van der Waals surface area contributed by atoms with Crippen molar-refractivity contribution in [1.29, 1.82) is 0 Å². The van der Waals surface area contributed by atoms with E-state index in [1.54, 1.807) is 0 Å². The number of hydrogen-bond acceptors (Lipinski definition) is 6. The van der Waals surface area contributed by atoms with Crippen molar-refractivity contribution in [2.45, 2.75) is 6.42 Å². The van der Waals surface area contributed by atoms with Crippen molar-refractivity contribution >= 4 is 17.8 Å². The number of carbonyl (C=O) groups excluding carboxylic acids is 2. The highest BCUT2D eigenvalue weighted by Gasteiger charge is 2.07. The smallest absolute Gasteiger partial charge is 0.313 e. The first-order valence-electron chi connectivity index (χ1n) is 5.62. The van der Waals surface area contributed by atoms with Crippen molar-refractivity contribution in [3.05, 3.63) is 41.7 Å². The number of carbonyl (C=O) groups is 2. The van der Waals surface area contributed by atoms with Gasteiger partial charge in [0, 0.05) is 6.08 Å². The number of benzene rings is 1. The summed E-state index contributed by atoms with van der Waals surface area (Å²) in [6.07, 6.45) is 3.10. The molecule has 0 aromatic heterocycles. The van der Waals surface area contributed by atoms with Crippen LogP contribution in [0.5, 0.6) is 11.5 Å². The zero-order chi connectivity index (χ0) is 15.1. The summed E-state index contributed by atoms with van der Waals surface area (Å²) < 4.78 is 4.32. The molecule has 0 amide bonds. The molecule has 0 atom stereocenters. The minimum atomic E-state index is -0.688. The summed E-state index contributed by atoms with van der Waals surface area (Å²) in [5.41, 5.74) is 0.515. The quantitative estimate of drug-likeness (QED) is 0.189. The Kier molecular flexibility index (Phi) is 5.34. The van der Waals surface area contributed by atoms with Crippen LogP contribution in [0.15, 0.2) is 36.1 Å². The van der Waals surface area contributed by atoms with E-state index >= 15 is 0 Å². The topological polar surface area (TPSA) is 104 Å². The van der Waals surface area contributed by atoms with Crippen molar-refractivity contribution in [2.75, 3.05) is 7.11 Å². The van der Waals surface area contributed by atoms with E-state index in [0.29, 0.717) is 5.56 Å². The Morgan fingerprint density at radius 2 is 1.95 bits per heavy atom. The summed E-state index contributed by atoms with van der Waals surface area (Å²) in [5, 5.41) is 27.9. The van der Waals surface area contributed by atoms with Gasteiger partial charge in [-0.25, -0.2) is 0 Å². The molecule has 1 aromatic carbocycles. The number of aliphatic hydroxyl groups excluding tert-OH is 1. The van der Waals surface area contributed by atoms with E-state index in [1.165, 1.54) is 30.4 Å². The Balaban J connectivity index is 2.71. The fourth-order valence-corrected chi connectivity index (χ4v) is 1.30. The zero-order valence-corrected chi connectivity index (χ0v) is 10.7. The number of hydrogen-bond donors (Lipinski definition) is 3. The molecule has 0 fully saturated rings. The summed E-state index contributed by atoms with van der Waals surface area (Å²) in [5.74, 6) is -2.17. The highest BCUT2D eigenvalue weighted by Crippen LogP contribution is 2.25. The van der Waals surface area contributed by atoms with Crippen LogP contribution in [0.2, 0.25) is 0 Å². The van der Waals surface area contributed by atoms with Gasteiger partial charge in [-0.2, -0.15) is 0 Å². The molecule has 0 aliphatic carbocycles. The molecular formula is C14H14O6. The molecule has 20 heavy (non-hydrogen) atoms. The molecule has 0 heterocycles. The second kappa shape index (κ2) is 6.98. The minimum Gasteiger partial charge on any atom is -0.508 e. The molecule has 0 radical (unpaired) electrons. The monoisotopic (exact) mass is 278 g/mol. The second-order valence-corrected chi connectivity index (χ2v) is 3.87. The van der Waals surface area contributed by atoms with Gasteiger partial charge >= 0.3 is 5.97 Å². The number of phenols is 2. The molecule has 0 saturated heterocycles. The van der Waals surface area contributed by atoms with Crippen LogP contribution < -0.4 is 0 Å². The summed E-state index contributed by atoms with van der Waals surface area (Å²) in [7, 11) is 1.16. The Hall–Kier alpha value is -2.76. The number of rotatable bonds is 5. The van der Waals surface area contributed by atoms with Gasteiger partial charge in [-0.1, -0.05) is 12.1 Å². The maximum atomic E-state index is 11.3. The van der Waals surface area contributed by atoms with Crippen molar-refractivity contribution in [3.63, 3.8) is 0 Å². The molecule has 0 aliphatic rings. The molecule has 0 saturated carbocycles. The number of methoxy groups -OCH3 is 1. The third kappa shape index (κ3) is 4.85. The van der Waals surface area contributed by atoms with Crippen LogP contribution in [-0.4, -0.2) is 34.2 Å². The first-order chi connectivity index (χ1) is 9.42. The minimum absolute atomic E-state index is 0.254. The van der Waals surface area contributed by atoms with Crippen molar-refractivity contribution in [1.82, 2.24) is 0 Å². The SMILES string of the molecule is COC(=O)CC(=O)/C=C(O)/C=C/c1ccc(O)c(O)c1. The van der Waals surface area contributed by atoms with E-state index < -0.39 is 18.2 Å². The number of ketones is 1. The molecule has 106 valence electrons. The summed E-state index contributed by atoms with van der Waals surface area (Å²) in [6.45, 7) is 0. The van der Waals surface area contributed by atoms with Gasteiger partial charge in [-0.05, 0) is 23.8 Å². The summed E-state index contributed by atoms with van der Waals surface area (Å²) in [6, 6.07) is 4.09. The number of esters is 1. The van der Waals surface area contributed by atoms with Crippen molar-refractivity contribution in [2.24, 2.45) is 0 Å². The van der Waals surface area contributed by atoms with E-state index in [2.05, 4.69) is 4.74 Å². The van der Waals surface area contributed by atoms with Gasteiger partial charge in [-0.3, -0.25) is 9.59 Å². The molecule has 0 spiro atoms. The highest BCUT2D eigenvalue weighted by atomic mass is 16.5. The zero-order valence-electron chi connectivity index (χ0n) is 10.7. The van der Waals surface area contributed by atoms with Crippen LogP contribution >= 0.6 is 0 Å². The number of allylic oxidation sites excluding steroid dienone is 2. The fraction of sp³-hybridized carbons (Fsp3) is 0.143. The number of ether oxygens (including phenoxy) is 1. The Morgan fingerprint density at radius 1 is 1.25 bits per heavy atom. The average Bonchev–Trinajstić information content (AvgIpc) is 2.39. The molecule has 6 nitrogen and oxygen atoms in total. The lowest BCUT2D eigenvalue weighted by atomic mass is 10.1. The van der Waals surface area contributed by atoms with E-state index in [0.717, 1.165) is 13.2 Å². The highest BCUT2D eigenvalue weighted by molar-refractivity contribution is 6.02. The van der Waals surface area contributed by atoms with Gasteiger partial charge in [-0.15, -0.1) is 0 Å². The largest absolute Gasteiger partial charge is 0.508 e. The summed E-state index contributed by atoms with van der Waals surface area (Å²) >= 11 is 0.